The van der Waals surface area contributed by atoms with Crippen molar-refractivity contribution in [2.24, 2.45) is 5.92 Å². The highest BCUT2D eigenvalue weighted by Gasteiger charge is 2.12. The lowest BCUT2D eigenvalue weighted by Gasteiger charge is -2.09. The molecule has 0 unspecified atom stereocenters. The molecular formula is C21H22FNO5. The molecule has 0 saturated heterocycles. The Labute approximate surface area is 162 Å². The monoisotopic (exact) mass is 387 g/mol. The Morgan fingerprint density at radius 2 is 1.75 bits per heavy atom. The van der Waals surface area contributed by atoms with Crippen molar-refractivity contribution in [2.45, 2.75) is 20.3 Å². The van der Waals surface area contributed by atoms with Gasteiger partial charge in [-0.05, 0) is 42.3 Å². The van der Waals surface area contributed by atoms with Crippen molar-refractivity contribution in [2.75, 3.05) is 18.5 Å². The number of esters is 1. The van der Waals surface area contributed by atoms with E-state index in [4.69, 9.17) is 9.47 Å². The Morgan fingerprint density at radius 3 is 2.39 bits per heavy atom. The first-order valence-electron chi connectivity index (χ1n) is 8.80. The number of ether oxygens (including phenoxy) is 2. The molecule has 0 atom stereocenters. The van der Waals surface area contributed by atoms with Gasteiger partial charge in [0.25, 0.3) is 0 Å². The fraction of sp³-hybridized carbons (Fsp3) is 0.286. The molecule has 1 N–H and O–H groups in total. The van der Waals surface area contributed by atoms with Gasteiger partial charge in [0, 0.05) is 23.7 Å². The largest absolute Gasteiger partial charge is 0.482 e. The highest BCUT2D eigenvalue weighted by molar-refractivity contribution is 5.98. The zero-order valence-corrected chi connectivity index (χ0v) is 15.7. The van der Waals surface area contributed by atoms with Crippen LogP contribution in [0.4, 0.5) is 10.1 Å². The smallest absolute Gasteiger partial charge is 0.344 e. The number of anilines is 1. The van der Waals surface area contributed by atoms with Crippen LogP contribution >= 0.6 is 0 Å². The van der Waals surface area contributed by atoms with Crippen LogP contribution in [0.1, 0.15) is 30.6 Å². The summed E-state index contributed by atoms with van der Waals surface area (Å²) in [5.41, 5.74) is 0.934. The van der Waals surface area contributed by atoms with Crippen molar-refractivity contribution in [1.82, 2.24) is 0 Å². The van der Waals surface area contributed by atoms with Gasteiger partial charge in [-0.2, -0.15) is 0 Å². The summed E-state index contributed by atoms with van der Waals surface area (Å²) in [4.78, 5) is 35.5. The number of nitrogens with one attached hydrogen (secondary N) is 1. The zero-order chi connectivity index (χ0) is 20.5. The van der Waals surface area contributed by atoms with E-state index in [0.717, 1.165) is 6.07 Å². The molecular weight excluding hydrogens is 365 g/mol. The summed E-state index contributed by atoms with van der Waals surface area (Å²) in [5, 5.41) is 2.75. The van der Waals surface area contributed by atoms with Crippen LogP contribution in [0.3, 0.4) is 0 Å². The van der Waals surface area contributed by atoms with Crippen molar-refractivity contribution < 1.29 is 28.2 Å². The van der Waals surface area contributed by atoms with E-state index in [1.165, 1.54) is 18.2 Å². The van der Waals surface area contributed by atoms with Crippen molar-refractivity contribution in [3.05, 3.63) is 59.9 Å². The van der Waals surface area contributed by atoms with Gasteiger partial charge in [0.15, 0.2) is 19.0 Å². The molecule has 0 saturated carbocycles. The molecule has 2 rings (SSSR count). The lowest BCUT2D eigenvalue weighted by molar-refractivity contribution is -0.144. The summed E-state index contributed by atoms with van der Waals surface area (Å²) in [6.45, 7) is 3.03. The van der Waals surface area contributed by atoms with Crippen LogP contribution in [0.15, 0.2) is 48.5 Å². The van der Waals surface area contributed by atoms with E-state index in [0.29, 0.717) is 17.7 Å². The van der Waals surface area contributed by atoms with Crippen LogP contribution in [0.2, 0.25) is 0 Å². The summed E-state index contributed by atoms with van der Waals surface area (Å²) in [6, 6.07) is 11.7. The second-order valence-corrected chi connectivity index (χ2v) is 6.55. The van der Waals surface area contributed by atoms with Crippen molar-refractivity contribution in [3.8, 4) is 5.75 Å². The molecule has 6 nitrogen and oxygen atoms in total. The molecule has 1 amide bonds. The van der Waals surface area contributed by atoms with Gasteiger partial charge in [0.1, 0.15) is 11.6 Å². The molecule has 0 fully saturated rings. The minimum atomic E-state index is -0.741. The number of amides is 1. The molecule has 2 aromatic rings. The molecule has 0 bridgehead atoms. The van der Waals surface area contributed by atoms with Gasteiger partial charge < -0.3 is 14.8 Å². The Kier molecular flexibility index (Phi) is 7.68. The van der Waals surface area contributed by atoms with Crippen molar-refractivity contribution in [1.29, 1.82) is 0 Å². The topological polar surface area (TPSA) is 81.7 Å². The molecule has 0 spiro atoms. The van der Waals surface area contributed by atoms with Crippen LogP contribution in [0.5, 0.6) is 5.75 Å². The Balaban J connectivity index is 1.77. The second kappa shape index (κ2) is 10.2. The third-order valence-electron chi connectivity index (χ3n) is 3.60. The van der Waals surface area contributed by atoms with E-state index < -0.39 is 25.0 Å². The first-order valence-corrected chi connectivity index (χ1v) is 8.80. The molecule has 0 radical (unpaired) electrons. The van der Waals surface area contributed by atoms with E-state index in [9.17, 15) is 18.8 Å². The maximum absolute atomic E-state index is 13.0. The normalized spacial score (nSPS) is 10.4. The molecule has 28 heavy (non-hydrogen) atoms. The standard InChI is InChI=1S/C21H22FNO5/c1-14(2)10-20(25)23-17-8-6-15(7-9-17)19(24)12-28-21(26)13-27-18-5-3-4-16(22)11-18/h3-9,11,14H,10,12-13H2,1-2H3,(H,23,25). The first kappa shape index (κ1) is 21.1. The lowest BCUT2D eigenvalue weighted by atomic mass is 10.1. The van der Waals surface area contributed by atoms with E-state index in [1.807, 2.05) is 13.8 Å². The molecule has 0 aliphatic carbocycles. The molecule has 0 aromatic heterocycles. The number of carbonyl (C=O) groups is 3. The minimum Gasteiger partial charge on any atom is -0.482 e. The molecule has 7 heteroatoms. The van der Waals surface area contributed by atoms with Crippen molar-refractivity contribution >= 4 is 23.3 Å². The molecule has 148 valence electrons. The fourth-order valence-electron chi connectivity index (χ4n) is 2.29. The van der Waals surface area contributed by atoms with Gasteiger partial charge in [-0.25, -0.2) is 9.18 Å². The minimum absolute atomic E-state index is 0.0960. The molecule has 0 aliphatic rings. The van der Waals surface area contributed by atoms with Gasteiger partial charge in [-0.15, -0.1) is 0 Å². The van der Waals surface area contributed by atoms with Crippen LogP contribution in [-0.4, -0.2) is 30.9 Å². The number of halogens is 1. The number of carbonyl (C=O) groups excluding carboxylic acids is 3. The highest BCUT2D eigenvalue weighted by Crippen LogP contribution is 2.13. The number of Topliss-reactive ketones (excluding diaryl/α,β-unsaturated/α-hetero) is 1. The third kappa shape index (κ3) is 7.19. The van der Waals surface area contributed by atoms with Crippen LogP contribution < -0.4 is 10.1 Å². The maximum Gasteiger partial charge on any atom is 0.344 e. The second-order valence-electron chi connectivity index (χ2n) is 6.55. The lowest BCUT2D eigenvalue weighted by Crippen LogP contribution is -2.19. The first-order chi connectivity index (χ1) is 13.3. The van der Waals surface area contributed by atoms with Crippen LogP contribution in [0, 0.1) is 11.7 Å². The summed E-state index contributed by atoms with van der Waals surface area (Å²) in [7, 11) is 0. The third-order valence-corrected chi connectivity index (χ3v) is 3.60. The molecule has 0 aliphatic heterocycles. The molecule has 2 aromatic carbocycles. The Hall–Kier alpha value is -3.22. The highest BCUT2D eigenvalue weighted by atomic mass is 19.1. The number of benzene rings is 2. The number of hydrogen-bond acceptors (Lipinski definition) is 5. The van der Waals surface area contributed by atoms with Crippen LogP contribution in [-0.2, 0) is 14.3 Å². The van der Waals surface area contributed by atoms with E-state index in [-0.39, 0.29) is 23.4 Å². The van der Waals surface area contributed by atoms with Gasteiger partial charge >= 0.3 is 5.97 Å². The number of rotatable bonds is 9. The van der Waals surface area contributed by atoms with Gasteiger partial charge in [-0.3, -0.25) is 9.59 Å². The summed E-state index contributed by atoms with van der Waals surface area (Å²) in [6.07, 6.45) is 0.411. The fourth-order valence-corrected chi connectivity index (χ4v) is 2.29. The quantitative estimate of drug-likeness (QED) is 0.525. The summed E-state index contributed by atoms with van der Waals surface area (Å²) in [5.74, 6) is -1.26. The van der Waals surface area contributed by atoms with Crippen molar-refractivity contribution in [3.63, 3.8) is 0 Å². The number of ketones is 1. The Morgan fingerprint density at radius 1 is 1.04 bits per heavy atom. The van der Waals surface area contributed by atoms with E-state index in [1.54, 1.807) is 24.3 Å². The SMILES string of the molecule is CC(C)CC(=O)Nc1ccc(C(=O)COC(=O)COc2cccc(F)c2)cc1. The maximum atomic E-state index is 13.0. The van der Waals surface area contributed by atoms with E-state index >= 15 is 0 Å². The average molecular weight is 387 g/mol. The predicted molar refractivity (Wildman–Crippen MR) is 102 cm³/mol. The Bertz CT molecular complexity index is 833. The van der Waals surface area contributed by atoms with Gasteiger partial charge in [0.05, 0.1) is 0 Å². The summed E-state index contributed by atoms with van der Waals surface area (Å²) < 4.78 is 23.0. The van der Waals surface area contributed by atoms with Gasteiger partial charge in [0.2, 0.25) is 5.91 Å². The molecule has 0 heterocycles. The van der Waals surface area contributed by atoms with Gasteiger partial charge in [-0.1, -0.05) is 19.9 Å². The summed E-state index contributed by atoms with van der Waals surface area (Å²) >= 11 is 0. The predicted octanol–water partition coefficient (Wildman–Crippen LogP) is 3.62. The van der Waals surface area contributed by atoms with E-state index in [2.05, 4.69) is 5.32 Å². The average Bonchev–Trinajstić information content (AvgIpc) is 2.64. The zero-order valence-electron chi connectivity index (χ0n) is 15.7. The van der Waals surface area contributed by atoms with Crippen LogP contribution in [0.25, 0.3) is 0 Å². The number of hydrogen-bond donors (Lipinski definition) is 1.